The average molecular weight is 371 g/mol. The molecule has 2 aromatic rings. The molecule has 1 aliphatic heterocycles. The van der Waals surface area contributed by atoms with Crippen molar-refractivity contribution in [3.8, 4) is 0 Å². The summed E-state index contributed by atoms with van der Waals surface area (Å²) in [6.07, 6.45) is 0. The van der Waals surface area contributed by atoms with Gasteiger partial charge < -0.3 is 0 Å². The van der Waals surface area contributed by atoms with Crippen molar-refractivity contribution < 1.29 is 9.31 Å². The van der Waals surface area contributed by atoms with E-state index in [0.29, 0.717) is 0 Å². The third-order valence-electron chi connectivity index (χ3n) is 5.22. The first-order valence-corrected chi connectivity index (χ1v) is 15.7. The summed E-state index contributed by atoms with van der Waals surface area (Å²) in [5.41, 5.74) is 0.553. The zero-order chi connectivity index (χ0) is 17.0. The Balaban J connectivity index is 2.13. The van der Waals surface area contributed by atoms with E-state index in [4.69, 9.17) is 9.31 Å². The van der Waals surface area contributed by atoms with E-state index in [1.54, 1.807) is 0 Å². The van der Waals surface area contributed by atoms with Gasteiger partial charge in [0.15, 0.2) is 0 Å². The molecule has 122 valence electrons. The van der Waals surface area contributed by atoms with Crippen LogP contribution in [0.2, 0.25) is 17.3 Å². The van der Waals surface area contributed by atoms with E-state index in [1.165, 1.54) is 15.2 Å². The third-order valence-corrected chi connectivity index (χ3v) is 9.48. The van der Waals surface area contributed by atoms with Crippen LogP contribution in [0.4, 0.5) is 0 Å². The summed E-state index contributed by atoms with van der Waals surface area (Å²) >= 11 is -2.00. The van der Waals surface area contributed by atoms with Crippen molar-refractivity contribution in [1.82, 2.24) is 0 Å². The van der Waals surface area contributed by atoms with Gasteiger partial charge in [-0.15, -0.1) is 0 Å². The van der Waals surface area contributed by atoms with Crippen LogP contribution in [0.1, 0.15) is 27.7 Å². The van der Waals surface area contributed by atoms with Crippen LogP contribution in [0, 0.1) is 0 Å². The Morgan fingerprint density at radius 3 is 2.00 bits per heavy atom. The Hall–Kier alpha value is -0.772. The summed E-state index contributed by atoms with van der Waals surface area (Å²) in [5, 5.41) is 2.68. The Bertz CT molecular complexity index is 731. The van der Waals surface area contributed by atoms with Gasteiger partial charge in [0.1, 0.15) is 0 Å². The molecule has 0 aliphatic carbocycles. The number of rotatable bonds is 2. The molecular weight excluding hydrogens is 344 g/mol. The molecule has 0 bridgehead atoms. The molecule has 0 saturated carbocycles. The van der Waals surface area contributed by atoms with Gasteiger partial charge in [-0.3, -0.25) is 0 Å². The molecular formula is C19H27BGeO2. The molecule has 0 radical (unpaired) electrons. The molecule has 0 atom stereocenters. The van der Waals surface area contributed by atoms with E-state index in [-0.39, 0.29) is 18.3 Å². The van der Waals surface area contributed by atoms with Crippen molar-refractivity contribution >= 4 is 41.0 Å². The molecule has 0 spiro atoms. The van der Waals surface area contributed by atoms with Crippen molar-refractivity contribution in [3.63, 3.8) is 0 Å². The van der Waals surface area contributed by atoms with Crippen LogP contribution < -0.4 is 9.86 Å². The topological polar surface area (TPSA) is 18.5 Å². The van der Waals surface area contributed by atoms with Crippen molar-refractivity contribution in [2.24, 2.45) is 0 Å². The average Bonchev–Trinajstić information content (AvgIpc) is 2.65. The van der Waals surface area contributed by atoms with E-state index in [9.17, 15) is 0 Å². The molecule has 2 nitrogen and oxygen atoms in total. The first-order valence-electron chi connectivity index (χ1n) is 8.40. The van der Waals surface area contributed by atoms with E-state index in [2.05, 4.69) is 81.4 Å². The molecule has 0 N–H and O–H groups in total. The first kappa shape index (κ1) is 17.1. The van der Waals surface area contributed by atoms with Crippen LogP contribution in [-0.4, -0.2) is 31.6 Å². The molecule has 0 unspecified atom stereocenters. The Morgan fingerprint density at radius 1 is 0.870 bits per heavy atom. The fourth-order valence-corrected chi connectivity index (χ4v) is 6.50. The molecule has 0 amide bonds. The first-order chi connectivity index (χ1) is 10.5. The van der Waals surface area contributed by atoms with Crippen molar-refractivity contribution in [2.75, 3.05) is 0 Å². The maximum absolute atomic E-state index is 6.27. The van der Waals surface area contributed by atoms with Crippen LogP contribution in [0.3, 0.4) is 0 Å². The van der Waals surface area contributed by atoms with Gasteiger partial charge in [0.25, 0.3) is 0 Å². The summed E-state index contributed by atoms with van der Waals surface area (Å²) in [6.45, 7) is 8.43. The van der Waals surface area contributed by atoms with Gasteiger partial charge in [0.2, 0.25) is 0 Å². The Labute approximate surface area is 143 Å². The van der Waals surface area contributed by atoms with Crippen molar-refractivity contribution in [2.45, 2.75) is 56.2 Å². The standard InChI is InChI=1S/C19H27BGeO2/c1-18(2)19(3,4)23-20(22-18)15-12-14-10-8-9-11-16(14)17(13-15)21(5,6)7/h8-13H,1-7H3. The molecule has 1 saturated heterocycles. The van der Waals surface area contributed by atoms with Gasteiger partial charge in [-0.05, 0) is 0 Å². The monoisotopic (exact) mass is 372 g/mol. The number of hydrogen-bond donors (Lipinski definition) is 0. The van der Waals surface area contributed by atoms with E-state index < -0.39 is 13.3 Å². The van der Waals surface area contributed by atoms with Crippen LogP contribution in [0.15, 0.2) is 36.4 Å². The molecule has 1 fully saturated rings. The van der Waals surface area contributed by atoms with Gasteiger partial charge in [0.05, 0.1) is 0 Å². The summed E-state index contributed by atoms with van der Waals surface area (Å²) in [4.78, 5) is 0. The summed E-state index contributed by atoms with van der Waals surface area (Å²) in [5.74, 6) is 7.32. The van der Waals surface area contributed by atoms with Gasteiger partial charge in [-0.2, -0.15) is 0 Å². The number of fused-ring (bicyclic) bond motifs is 1. The van der Waals surface area contributed by atoms with Gasteiger partial charge in [0, 0.05) is 0 Å². The molecule has 1 aliphatic rings. The predicted octanol–water partition coefficient (Wildman–Crippen LogP) is 3.68. The maximum atomic E-state index is 6.27. The zero-order valence-corrected chi connectivity index (χ0v) is 17.5. The van der Waals surface area contributed by atoms with E-state index in [1.807, 2.05) is 0 Å². The predicted molar refractivity (Wildman–Crippen MR) is 103 cm³/mol. The van der Waals surface area contributed by atoms with Crippen LogP contribution in [0.5, 0.6) is 0 Å². The summed E-state index contributed by atoms with van der Waals surface area (Å²) in [7, 11) is -0.284. The minimum atomic E-state index is -2.00. The van der Waals surface area contributed by atoms with E-state index in [0.717, 1.165) is 5.46 Å². The molecule has 3 rings (SSSR count). The van der Waals surface area contributed by atoms with Crippen molar-refractivity contribution in [1.29, 1.82) is 0 Å². The van der Waals surface area contributed by atoms with Crippen molar-refractivity contribution in [3.05, 3.63) is 36.4 Å². The second kappa shape index (κ2) is 5.37. The molecule has 1 heterocycles. The Morgan fingerprint density at radius 2 is 1.43 bits per heavy atom. The normalized spacial score (nSPS) is 20.2. The zero-order valence-electron chi connectivity index (χ0n) is 15.4. The van der Waals surface area contributed by atoms with Gasteiger partial charge in [-0.25, -0.2) is 0 Å². The minimum absolute atomic E-state index is 0.284. The molecule has 2 aromatic carbocycles. The van der Waals surface area contributed by atoms with Crippen LogP contribution in [-0.2, 0) is 9.31 Å². The molecule has 4 heteroatoms. The van der Waals surface area contributed by atoms with Crippen LogP contribution >= 0.6 is 0 Å². The summed E-state index contributed by atoms with van der Waals surface area (Å²) < 4.78 is 14.1. The quantitative estimate of drug-likeness (QED) is 0.751. The van der Waals surface area contributed by atoms with Crippen LogP contribution in [0.25, 0.3) is 10.8 Å². The second-order valence-electron chi connectivity index (χ2n) is 8.63. The second-order valence-corrected chi connectivity index (χ2v) is 19.2. The number of hydrogen-bond acceptors (Lipinski definition) is 2. The summed E-state index contributed by atoms with van der Waals surface area (Å²) in [6, 6.07) is 13.3. The SMILES string of the molecule is CC1(C)OB(c2c[c]([Ge]([CH3])([CH3])[CH3])c3ccccc3c2)OC1(C)C. The van der Waals surface area contributed by atoms with Gasteiger partial charge in [-0.1, -0.05) is 0 Å². The molecule has 23 heavy (non-hydrogen) atoms. The molecule has 0 aromatic heterocycles. The van der Waals surface area contributed by atoms with E-state index >= 15 is 0 Å². The Kier molecular flexibility index (Phi) is 3.98. The third kappa shape index (κ3) is 2.99. The number of benzene rings is 2. The fraction of sp³-hybridized carbons (Fsp3) is 0.474. The fourth-order valence-electron chi connectivity index (χ4n) is 3.07. The van der Waals surface area contributed by atoms with Gasteiger partial charge >= 0.3 is 143 Å².